The maximum atomic E-state index is 13.8. The third kappa shape index (κ3) is 4.60. The van der Waals surface area contributed by atoms with E-state index in [1.54, 1.807) is 15.9 Å². The van der Waals surface area contributed by atoms with Crippen LogP contribution in [0.1, 0.15) is 66.8 Å². The lowest BCUT2D eigenvalue weighted by Gasteiger charge is -2.33. The van der Waals surface area contributed by atoms with Crippen molar-refractivity contribution in [3.63, 3.8) is 0 Å². The molecule has 0 saturated carbocycles. The number of aromatic amines is 1. The first-order valence-corrected chi connectivity index (χ1v) is 11.3. The van der Waals surface area contributed by atoms with E-state index in [-0.39, 0.29) is 22.9 Å². The first kappa shape index (κ1) is 22.6. The molecule has 1 aromatic heterocycles. The van der Waals surface area contributed by atoms with Crippen molar-refractivity contribution in [3.8, 4) is 0 Å². The van der Waals surface area contributed by atoms with Gasteiger partial charge in [-0.2, -0.15) is 5.10 Å². The number of hydrogen-bond donors (Lipinski definition) is 1. The van der Waals surface area contributed by atoms with Gasteiger partial charge in [0.1, 0.15) is 11.4 Å². The van der Waals surface area contributed by atoms with Crippen molar-refractivity contribution in [1.29, 1.82) is 0 Å². The lowest BCUT2D eigenvalue weighted by molar-refractivity contribution is 0.0221. The molecule has 7 nitrogen and oxygen atoms in total. The van der Waals surface area contributed by atoms with Crippen molar-refractivity contribution < 1.29 is 18.7 Å². The predicted octanol–water partition coefficient (Wildman–Crippen LogP) is 4.52. The van der Waals surface area contributed by atoms with Gasteiger partial charge in [-0.3, -0.25) is 9.89 Å². The maximum absolute atomic E-state index is 13.8. The van der Waals surface area contributed by atoms with Gasteiger partial charge in [0.15, 0.2) is 5.69 Å². The topological polar surface area (TPSA) is 78.5 Å². The van der Waals surface area contributed by atoms with Gasteiger partial charge in [-0.15, -0.1) is 0 Å². The minimum atomic E-state index is -0.561. The zero-order valence-electron chi connectivity index (χ0n) is 18.6. The van der Waals surface area contributed by atoms with E-state index in [1.165, 1.54) is 6.07 Å². The Morgan fingerprint density at radius 1 is 1.19 bits per heavy atom. The fourth-order valence-electron chi connectivity index (χ4n) is 4.36. The van der Waals surface area contributed by atoms with E-state index in [0.29, 0.717) is 51.1 Å². The number of nitrogens with zero attached hydrogens (tertiary/aromatic N) is 3. The molecule has 0 aliphatic carbocycles. The van der Waals surface area contributed by atoms with Crippen molar-refractivity contribution in [2.75, 3.05) is 19.6 Å². The minimum absolute atomic E-state index is 0.114. The first-order chi connectivity index (χ1) is 15.1. The van der Waals surface area contributed by atoms with Crippen LogP contribution >= 0.6 is 11.6 Å². The number of fused-ring (bicyclic) bond motifs is 1. The van der Waals surface area contributed by atoms with Crippen LogP contribution in [0.15, 0.2) is 18.2 Å². The van der Waals surface area contributed by atoms with Crippen molar-refractivity contribution in [2.24, 2.45) is 0 Å². The number of nitrogens with one attached hydrogen (secondary N) is 1. The Kier molecular flexibility index (Phi) is 6.16. The molecule has 1 fully saturated rings. The quantitative estimate of drug-likeness (QED) is 0.712. The molecule has 1 aromatic carbocycles. The fourth-order valence-corrected chi connectivity index (χ4v) is 4.64. The lowest BCUT2D eigenvalue weighted by atomic mass is 9.89. The van der Waals surface area contributed by atoms with Crippen LogP contribution in [0, 0.1) is 5.82 Å². The van der Waals surface area contributed by atoms with E-state index in [0.717, 1.165) is 16.8 Å². The number of piperidine rings is 1. The molecule has 2 aromatic rings. The Labute approximate surface area is 191 Å². The number of carbonyl (C=O) groups excluding carboxylic acids is 2. The molecule has 1 saturated heterocycles. The third-order valence-electron chi connectivity index (χ3n) is 5.99. The maximum Gasteiger partial charge on any atom is 0.410 e. The van der Waals surface area contributed by atoms with Crippen molar-refractivity contribution in [3.05, 3.63) is 51.6 Å². The molecule has 0 unspecified atom stereocenters. The summed E-state index contributed by atoms with van der Waals surface area (Å²) in [6.07, 6.45) is 1.60. The number of ether oxygens (including phenoxy) is 1. The smallest absolute Gasteiger partial charge is 0.410 e. The molecule has 9 heteroatoms. The number of carbonyl (C=O) groups is 2. The molecule has 2 amide bonds. The lowest BCUT2D eigenvalue weighted by Crippen LogP contribution is -2.41. The van der Waals surface area contributed by atoms with Crippen LogP contribution in [0.3, 0.4) is 0 Å². The number of rotatable bonds is 2. The second kappa shape index (κ2) is 8.73. The summed E-state index contributed by atoms with van der Waals surface area (Å²) in [4.78, 5) is 28.9. The molecule has 2 aliphatic rings. The Morgan fingerprint density at radius 2 is 1.91 bits per heavy atom. The number of benzene rings is 1. The highest BCUT2D eigenvalue weighted by Gasteiger charge is 2.33. The zero-order chi connectivity index (χ0) is 23.0. The van der Waals surface area contributed by atoms with Gasteiger partial charge in [-0.25, -0.2) is 9.18 Å². The van der Waals surface area contributed by atoms with Gasteiger partial charge in [0.2, 0.25) is 0 Å². The molecule has 3 heterocycles. The molecule has 0 atom stereocenters. The SMILES string of the molecule is CC(C)(C)OC(=O)N1CCc2c(C(=O)N3CCC(c4cccc(F)c4Cl)CC3)n[nH]c2C1. The Balaban J connectivity index is 1.40. The molecule has 32 heavy (non-hydrogen) atoms. The molecule has 172 valence electrons. The number of aromatic nitrogens is 2. The summed E-state index contributed by atoms with van der Waals surface area (Å²) in [5.41, 5.74) is 2.30. The van der Waals surface area contributed by atoms with Gasteiger partial charge < -0.3 is 14.5 Å². The Hall–Kier alpha value is -2.61. The molecule has 0 bridgehead atoms. The molecule has 4 rings (SSSR count). The summed E-state index contributed by atoms with van der Waals surface area (Å²) in [5.74, 6) is -0.402. The van der Waals surface area contributed by atoms with Gasteiger partial charge in [-0.1, -0.05) is 23.7 Å². The number of H-pyrrole nitrogens is 1. The van der Waals surface area contributed by atoms with E-state index in [2.05, 4.69) is 10.2 Å². The number of likely N-dealkylation sites (tertiary alicyclic amines) is 1. The molecule has 0 radical (unpaired) electrons. The summed E-state index contributed by atoms with van der Waals surface area (Å²) in [6.45, 7) is 7.42. The number of halogens is 2. The van der Waals surface area contributed by atoms with E-state index < -0.39 is 11.4 Å². The van der Waals surface area contributed by atoms with Crippen LogP contribution in [0.4, 0.5) is 9.18 Å². The second-order valence-corrected chi connectivity index (χ2v) is 9.77. The van der Waals surface area contributed by atoms with E-state index in [1.807, 2.05) is 26.8 Å². The second-order valence-electron chi connectivity index (χ2n) is 9.39. The monoisotopic (exact) mass is 462 g/mol. The van der Waals surface area contributed by atoms with E-state index >= 15 is 0 Å². The largest absolute Gasteiger partial charge is 0.444 e. The standard InChI is InChI=1S/C23H28ClFN4O3/c1-23(2,3)32-22(31)29-12-9-16-18(13-29)26-27-20(16)21(30)28-10-7-14(8-11-28)15-5-4-6-17(25)19(15)24/h4-6,14H,7-13H2,1-3H3,(H,26,27). The van der Waals surface area contributed by atoms with Gasteiger partial charge in [0.05, 0.1) is 17.3 Å². The highest BCUT2D eigenvalue weighted by molar-refractivity contribution is 6.31. The summed E-state index contributed by atoms with van der Waals surface area (Å²) >= 11 is 6.15. The van der Waals surface area contributed by atoms with Gasteiger partial charge in [-0.05, 0) is 57.6 Å². The van der Waals surface area contributed by atoms with Crippen molar-refractivity contribution >= 4 is 23.6 Å². The highest BCUT2D eigenvalue weighted by atomic mass is 35.5. The van der Waals surface area contributed by atoms with Crippen molar-refractivity contribution in [1.82, 2.24) is 20.0 Å². The summed E-state index contributed by atoms with van der Waals surface area (Å²) in [5, 5.41) is 7.39. The average Bonchev–Trinajstić information content (AvgIpc) is 3.17. The summed E-state index contributed by atoms with van der Waals surface area (Å²) in [7, 11) is 0. The highest BCUT2D eigenvalue weighted by Crippen LogP contribution is 2.34. The van der Waals surface area contributed by atoms with Gasteiger partial charge in [0.25, 0.3) is 5.91 Å². The fraction of sp³-hybridized carbons (Fsp3) is 0.522. The van der Waals surface area contributed by atoms with Crippen LogP contribution in [0.25, 0.3) is 0 Å². The van der Waals surface area contributed by atoms with Crippen LogP contribution in [0.5, 0.6) is 0 Å². The van der Waals surface area contributed by atoms with E-state index in [4.69, 9.17) is 16.3 Å². The average molecular weight is 463 g/mol. The van der Waals surface area contributed by atoms with Crippen LogP contribution in [-0.2, 0) is 17.7 Å². The number of hydrogen-bond acceptors (Lipinski definition) is 4. The van der Waals surface area contributed by atoms with Gasteiger partial charge >= 0.3 is 6.09 Å². The van der Waals surface area contributed by atoms with Crippen LogP contribution < -0.4 is 0 Å². The molecule has 2 aliphatic heterocycles. The first-order valence-electron chi connectivity index (χ1n) is 10.9. The van der Waals surface area contributed by atoms with Crippen LogP contribution in [-0.4, -0.2) is 57.2 Å². The Morgan fingerprint density at radius 3 is 2.59 bits per heavy atom. The molecule has 0 spiro atoms. The predicted molar refractivity (Wildman–Crippen MR) is 118 cm³/mol. The van der Waals surface area contributed by atoms with Crippen LogP contribution in [0.2, 0.25) is 5.02 Å². The minimum Gasteiger partial charge on any atom is -0.444 e. The number of amides is 2. The third-order valence-corrected chi connectivity index (χ3v) is 6.39. The Bertz CT molecular complexity index is 1020. The molecular weight excluding hydrogens is 435 g/mol. The molecule has 1 N–H and O–H groups in total. The summed E-state index contributed by atoms with van der Waals surface area (Å²) < 4.78 is 19.3. The molecular formula is C23H28ClFN4O3. The van der Waals surface area contributed by atoms with Crippen molar-refractivity contribution in [2.45, 2.75) is 58.1 Å². The van der Waals surface area contributed by atoms with E-state index in [9.17, 15) is 14.0 Å². The van der Waals surface area contributed by atoms with Gasteiger partial charge in [0, 0.05) is 25.2 Å². The normalized spacial score (nSPS) is 17.3. The zero-order valence-corrected chi connectivity index (χ0v) is 19.3. The summed E-state index contributed by atoms with van der Waals surface area (Å²) in [6, 6.07) is 4.88.